The van der Waals surface area contributed by atoms with E-state index in [9.17, 15) is 14.4 Å². The topological polar surface area (TPSA) is 104 Å². The van der Waals surface area contributed by atoms with Crippen LogP contribution in [0.15, 0.2) is 59.0 Å². The molecule has 1 aliphatic rings. The minimum absolute atomic E-state index is 0.0248. The molecule has 0 bridgehead atoms. The molecule has 0 spiro atoms. The molecular formula is C27H32N4O4. The molecule has 8 heteroatoms. The van der Waals surface area contributed by atoms with Crippen LogP contribution in [-0.2, 0) is 16.0 Å². The molecule has 0 unspecified atom stereocenters. The normalized spacial score (nSPS) is 14.5. The zero-order chi connectivity index (χ0) is 24.6. The van der Waals surface area contributed by atoms with Crippen LogP contribution in [-0.4, -0.2) is 54.8 Å². The third-order valence-electron chi connectivity index (χ3n) is 6.12. The van der Waals surface area contributed by atoms with Gasteiger partial charge in [0.2, 0.25) is 11.8 Å². The highest BCUT2D eigenvalue weighted by Crippen LogP contribution is 2.20. The number of furan rings is 1. The molecule has 1 fully saturated rings. The molecule has 4 rings (SSSR count). The summed E-state index contributed by atoms with van der Waals surface area (Å²) >= 11 is 0. The summed E-state index contributed by atoms with van der Waals surface area (Å²) in [7, 11) is 0. The number of hydrogen-bond acceptors (Lipinski definition) is 5. The predicted molar refractivity (Wildman–Crippen MR) is 135 cm³/mol. The maximum absolute atomic E-state index is 12.5. The van der Waals surface area contributed by atoms with Gasteiger partial charge in [0.1, 0.15) is 5.58 Å². The highest BCUT2D eigenvalue weighted by Gasteiger charge is 2.22. The second kappa shape index (κ2) is 11.7. The summed E-state index contributed by atoms with van der Waals surface area (Å²) in [6, 6.07) is 16.6. The molecule has 3 amide bonds. The lowest BCUT2D eigenvalue weighted by Crippen LogP contribution is -2.47. The standard InChI is InChI=1S/C27H32N4O4/c1-2-13-28-26(33)18-31-14-11-22(12-15-31)29-25(32)16-19-7-9-21(10-8-19)30-27(34)24-17-20-5-3-4-6-23(20)35-24/h3-10,17,22H,2,11-16,18H2,1H3,(H,28,33)(H,29,32)(H,30,34). The van der Waals surface area contributed by atoms with Crippen LogP contribution in [0.5, 0.6) is 0 Å². The van der Waals surface area contributed by atoms with Crippen molar-refractivity contribution in [2.75, 3.05) is 31.5 Å². The fraction of sp³-hybridized carbons (Fsp3) is 0.370. The Morgan fingerprint density at radius 2 is 1.74 bits per heavy atom. The number of anilines is 1. The van der Waals surface area contributed by atoms with Gasteiger partial charge >= 0.3 is 0 Å². The number of rotatable bonds is 9. The number of nitrogens with zero attached hydrogens (tertiary/aromatic N) is 1. The number of para-hydroxylation sites is 1. The van der Waals surface area contributed by atoms with Crippen molar-refractivity contribution in [2.24, 2.45) is 0 Å². The monoisotopic (exact) mass is 476 g/mol. The Morgan fingerprint density at radius 3 is 2.46 bits per heavy atom. The van der Waals surface area contributed by atoms with E-state index < -0.39 is 0 Å². The first kappa shape index (κ1) is 24.5. The maximum atomic E-state index is 12.5. The number of likely N-dealkylation sites (tertiary alicyclic amines) is 1. The van der Waals surface area contributed by atoms with Crippen molar-refractivity contribution < 1.29 is 18.8 Å². The number of nitrogens with one attached hydrogen (secondary N) is 3. The van der Waals surface area contributed by atoms with Gasteiger partial charge < -0.3 is 20.4 Å². The molecule has 35 heavy (non-hydrogen) atoms. The molecule has 1 aliphatic heterocycles. The SMILES string of the molecule is CCCNC(=O)CN1CCC(NC(=O)Cc2ccc(NC(=O)c3cc4ccccc4o3)cc2)CC1. The zero-order valence-electron chi connectivity index (χ0n) is 20.0. The molecule has 3 N–H and O–H groups in total. The molecule has 0 atom stereocenters. The molecule has 184 valence electrons. The first-order valence-corrected chi connectivity index (χ1v) is 12.2. The molecule has 3 aromatic rings. The van der Waals surface area contributed by atoms with Crippen molar-refractivity contribution >= 4 is 34.4 Å². The van der Waals surface area contributed by atoms with Crippen molar-refractivity contribution in [2.45, 2.75) is 38.6 Å². The molecule has 0 radical (unpaired) electrons. The second-order valence-electron chi connectivity index (χ2n) is 8.94. The molecule has 0 aliphatic carbocycles. The highest BCUT2D eigenvalue weighted by molar-refractivity contribution is 6.04. The van der Waals surface area contributed by atoms with Gasteiger partial charge in [-0.3, -0.25) is 19.3 Å². The van der Waals surface area contributed by atoms with Crippen molar-refractivity contribution in [3.05, 3.63) is 65.9 Å². The summed E-state index contributed by atoms with van der Waals surface area (Å²) < 4.78 is 5.60. The Kier molecular flexibility index (Phi) is 8.15. The Morgan fingerprint density at radius 1 is 1.00 bits per heavy atom. The van der Waals surface area contributed by atoms with E-state index in [0.29, 0.717) is 24.4 Å². The third kappa shape index (κ3) is 6.93. The fourth-order valence-corrected chi connectivity index (χ4v) is 4.22. The average molecular weight is 477 g/mol. The molecule has 1 saturated heterocycles. The lowest BCUT2D eigenvalue weighted by molar-refractivity contribution is -0.124. The highest BCUT2D eigenvalue weighted by atomic mass is 16.3. The molecule has 1 aromatic heterocycles. The number of amides is 3. The number of carbonyl (C=O) groups is 3. The molecule has 8 nitrogen and oxygen atoms in total. The summed E-state index contributed by atoms with van der Waals surface area (Å²) in [4.78, 5) is 39.0. The lowest BCUT2D eigenvalue weighted by atomic mass is 10.0. The Balaban J connectivity index is 1.20. The van der Waals surface area contributed by atoms with Gasteiger partial charge in [-0.1, -0.05) is 37.3 Å². The van der Waals surface area contributed by atoms with E-state index in [2.05, 4.69) is 20.9 Å². The van der Waals surface area contributed by atoms with Crippen LogP contribution in [0, 0.1) is 0 Å². The largest absolute Gasteiger partial charge is 0.451 e. The van der Waals surface area contributed by atoms with E-state index in [-0.39, 0.29) is 35.9 Å². The smallest absolute Gasteiger partial charge is 0.291 e. The van der Waals surface area contributed by atoms with Crippen molar-refractivity contribution in [3.63, 3.8) is 0 Å². The summed E-state index contributed by atoms with van der Waals surface area (Å²) in [5.41, 5.74) is 2.17. The van der Waals surface area contributed by atoms with Crippen LogP contribution in [0.4, 0.5) is 5.69 Å². The van der Waals surface area contributed by atoms with Gasteiger partial charge in [0, 0.05) is 36.7 Å². The van der Waals surface area contributed by atoms with Gasteiger partial charge in [0.25, 0.3) is 5.91 Å². The Hall–Kier alpha value is -3.65. The van der Waals surface area contributed by atoms with Crippen LogP contribution in [0.1, 0.15) is 42.3 Å². The van der Waals surface area contributed by atoms with Gasteiger partial charge in [0.05, 0.1) is 13.0 Å². The fourth-order valence-electron chi connectivity index (χ4n) is 4.22. The third-order valence-corrected chi connectivity index (χ3v) is 6.12. The van der Waals surface area contributed by atoms with E-state index >= 15 is 0 Å². The maximum Gasteiger partial charge on any atom is 0.291 e. The van der Waals surface area contributed by atoms with Crippen LogP contribution < -0.4 is 16.0 Å². The summed E-state index contributed by atoms with van der Waals surface area (Å²) in [5, 5.41) is 9.71. The van der Waals surface area contributed by atoms with Crippen LogP contribution in [0.25, 0.3) is 11.0 Å². The zero-order valence-corrected chi connectivity index (χ0v) is 20.0. The Labute approximate surface area is 205 Å². The number of fused-ring (bicyclic) bond motifs is 1. The number of benzene rings is 2. The van der Waals surface area contributed by atoms with E-state index in [4.69, 9.17) is 4.42 Å². The van der Waals surface area contributed by atoms with Crippen LogP contribution in [0.3, 0.4) is 0 Å². The van der Waals surface area contributed by atoms with E-state index in [1.165, 1.54) is 0 Å². The van der Waals surface area contributed by atoms with Crippen molar-refractivity contribution in [1.29, 1.82) is 0 Å². The van der Waals surface area contributed by atoms with Gasteiger partial charge in [0.15, 0.2) is 5.76 Å². The predicted octanol–water partition coefficient (Wildman–Crippen LogP) is 3.33. The van der Waals surface area contributed by atoms with Crippen LogP contribution >= 0.6 is 0 Å². The first-order valence-electron chi connectivity index (χ1n) is 12.2. The molecule has 2 aromatic carbocycles. The summed E-state index contributed by atoms with van der Waals surface area (Å²) in [6.07, 6.45) is 2.87. The minimum Gasteiger partial charge on any atom is -0.451 e. The minimum atomic E-state index is -0.319. The summed E-state index contributed by atoms with van der Waals surface area (Å²) in [6.45, 7) is 4.75. The van der Waals surface area contributed by atoms with Crippen LogP contribution in [0.2, 0.25) is 0 Å². The van der Waals surface area contributed by atoms with Gasteiger partial charge in [-0.2, -0.15) is 0 Å². The Bertz CT molecular complexity index is 1130. The van der Waals surface area contributed by atoms with E-state index in [1.807, 2.05) is 43.3 Å². The van der Waals surface area contributed by atoms with Gasteiger partial charge in [-0.25, -0.2) is 0 Å². The second-order valence-corrected chi connectivity index (χ2v) is 8.94. The summed E-state index contributed by atoms with van der Waals surface area (Å²) in [5.74, 6) is -0.0297. The van der Waals surface area contributed by atoms with Crippen molar-refractivity contribution in [1.82, 2.24) is 15.5 Å². The quantitative estimate of drug-likeness (QED) is 0.440. The first-order chi connectivity index (χ1) is 17.0. The van der Waals surface area contributed by atoms with E-state index in [1.54, 1.807) is 18.2 Å². The van der Waals surface area contributed by atoms with Gasteiger partial charge in [-0.05, 0) is 49.1 Å². The molecule has 0 saturated carbocycles. The van der Waals surface area contributed by atoms with E-state index in [0.717, 1.165) is 43.3 Å². The number of hydrogen-bond donors (Lipinski definition) is 3. The number of piperidine rings is 1. The molecule has 2 heterocycles. The number of carbonyl (C=O) groups excluding carboxylic acids is 3. The van der Waals surface area contributed by atoms with Gasteiger partial charge in [-0.15, -0.1) is 0 Å². The molecular weight excluding hydrogens is 444 g/mol. The van der Waals surface area contributed by atoms with Crippen molar-refractivity contribution in [3.8, 4) is 0 Å². The average Bonchev–Trinajstić information content (AvgIpc) is 3.30. The lowest BCUT2D eigenvalue weighted by Gasteiger charge is -2.31.